The van der Waals surface area contributed by atoms with Gasteiger partial charge in [0.15, 0.2) is 0 Å². The largest absolute Gasteiger partial charge is 0.466 e. The Hall–Kier alpha value is -2.41. The number of carbonyl (C=O) groups is 1. The molecule has 124 valence electrons. The number of carbonyl (C=O) groups excluding carboxylic acids is 1. The first-order valence-electron chi connectivity index (χ1n) is 7.50. The summed E-state index contributed by atoms with van der Waals surface area (Å²) in [6, 6.07) is 4.47. The van der Waals surface area contributed by atoms with Crippen molar-refractivity contribution >= 4 is 23.4 Å². The van der Waals surface area contributed by atoms with Gasteiger partial charge in [-0.15, -0.1) is 0 Å². The standard InChI is InChI=1S/C16H20N2O5/c1-23-16(20)9-7-11-6-8-12(14(10-11)18(21)22)17-13-4-2-3-5-15(13)19/h6-10,13,15,17,19H,2-5H2,1H3. The number of rotatable bonds is 5. The molecule has 0 aromatic heterocycles. The molecular weight excluding hydrogens is 300 g/mol. The average Bonchev–Trinajstić information content (AvgIpc) is 2.55. The first-order valence-corrected chi connectivity index (χ1v) is 7.50. The summed E-state index contributed by atoms with van der Waals surface area (Å²) in [5.41, 5.74) is 0.808. The summed E-state index contributed by atoms with van der Waals surface area (Å²) >= 11 is 0. The Kier molecular flexibility index (Phi) is 5.70. The Labute approximate surface area is 134 Å². The van der Waals surface area contributed by atoms with Crippen LogP contribution in [0.4, 0.5) is 11.4 Å². The van der Waals surface area contributed by atoms with Crippen molar-refractivity contribution < 1.29 is 19.6 Å². The van der Waals surface area contributed by atoms with Crippen LogP contribution in [0.3, 0.4) is 0 Å². The number of esters is 1. The molecule has 1 aromatic carbocycles. The number of nitro groups is 1. The number of aliphatic hydroxyl groups excluding tert-OH is 1. The molecule has 0 bridgehead atoms. The molecule has 1 fully saturated rings. The van der Waals surface area contributed by atoms with E-state index in [1.807, 2.05) is 0 Å². The summed E-state index contributed by atoms with van der Waals surface area (Å²) in [4.78, 5) is 21.9. The van der Waals surface area contributed by atoms with Crippen LogP contribution in [-0.4, -0.2) is 35.3 Å². The Morgan fingerprint density at radius 3 is 2.83 bits per heavy atom. The zero-order chi connectivity index (χ0) is 16.8. The lowest BCUT2D eigenvalue weighted by molar-refractivity contribution is -0.384. The molecule has 7 nitrogen and oxygen atoms in total. The Bertz CT molecular complexity index is 614. The van der Waals surface area contributed by atoms with Crippen LogP contribution < -0.4 is 5.32 Å². The maximum atomic E-state index is 11.3. The predicted octanol–water partition coefficient (Wildman–Crippen LogP) is 2.50. The van der Waals surface area contributed by atoms with Crippen molar-refractivity contribution in [2.24, 2.45) is 0 Å². The van der Waals surface area contributed by atoms with Gasteiger partial charge >= 0.3 is 5.97 Å². The van der Waals surface area contributed by atoms with E-state index in [4.69, 9.17) is 0 Å². The highest BCUT2D eigenvalue weighted by Gasteiger charge is 2.25. The van der Waals surface area contributed by atoms with Gasteiger partial charge in [0, 0.05) is 12.1 Å². The third-order valence-corrected chi connectivity index (χ3v) is 3.90. The number of aliphatic hydroxyl groups is 1. The normalized spacial score (nSPS) is 21.1. The monoisotopic (exact) mass is 320 g/mol. The quantitative estimate of drug-likeness (QED) is 0.374. The highest BCUT2D eigenvalue weighted by molar-refractivity contribution is 5.87. The highest BCUT2D eigenvalue weighted by atomic mass is 16.6. The number of nitro benzene ring substituents is 1. The summed E-state index contributed by atoms with van der Waals surface area (Å²) in [5.74, 6) is -0.528. The molecule has 2 N–H and O–H groups in total. The minimum absolute atomic E-state index is 0.0882. The molecule has 2 rings (SSSR count). The van der Waals surface area contributed by atoms with Crippen molar-refractivity contribution in [2.45, 2.75) is 37.8 Å². The Balaban J connectivity index is 2.21. The van der Waals surface area contributed by atoms with E-state index in [0.717, 1.165) is 19.3 Å². The number of nitrogens with one attached hydrogen (secondary N) is 1. The number of hydrogen-bond donors (Lipinski definition) is 2. The van der Waals surface area contributed by atoms with Crippen LogP contribution >= 0.6 is 0 Å². The second-order valence-corrected chi connectivity index (χ2v) is 5.49. The summed E-state index contributed by atoms with van der Waals surface area (Å²) in [5, 5.41) is 24.3. The number of hydrogen-bond acceptors (Lipinski definition) is 6. The van der Waals surface area contributed by atoms with Gasteiger partial charge in [-0.2, -0.15) is 0 Å². The molecule has 1 aliphatic rings. The minimum atomic E-state index is -0.528. The number of ether oxygens (including phenoxy) is 1. The van der Waals surface area contributed by atoms with Gasteiger partial charge in [-0.3, -0.25) is 10.1 Å². The lowest BCUT2D eigenvalue weighted by atomic mass is 9.92. The van der Waals surface area contributed by atoms with Gasteiger partial charge in [-0.25, -0.2) is 4.79 Å². The van der Waals surface area contributed by atoms with Gasteiger partial charge in [0.2, 0.25) is 0 Å². The fraction of sp³-hybridized carbons (Fsp3) is 0.438. The third-order valence-electron chi connectivity index (χ3n) is 3.90. The summed E-state index contributed by atoms with van der Waals surface area (Å²) in [6.07, 6.45) is 5.60. The highest BCUT2D eigenvalue weighted by Crippen LogP contribution is 2.30. The number of benzene rings is 1. The number of nitrogens with zero attached hydrogens (tertiary/aromatic N) is 1. The SMILES string of the molecule is COC(=O)C=Cc1ccc(NC2CCCCC2O)c([N+](=O)[O-])c1. The van der Waals surface area contributed by atoms with E-state index in [1.165, 1.54) is 25.3 Å². The van der Waals surface area contributed by atoms with Crippen LogP contribution in [0, 0.1) is 10.1 Å². The van der Waals surface area contributed by atoms with Crippen LogP contribution in [0.1, 0.15) is 31.2 Å². The van der Waals surface area contributed by atoms with Gasteiger partial charge in [0.1, 0.15) is 5.69 Å². The molecule has 2 unspecified atom stereocenters. The molecule has 0 amide bonds. The fourth-order valence-corrected chi connectivity index (χ4v) is 2.64. The lowest BCUT2D eigenvalue weighted by Crippen LogP contribution is -2.36. The Morgan fingerprint density at radius 2 is 2.17 bits per heavy atom. The van der Waals surface area contributed by atoms with Crippen molar-refractivity contribution in [2.75, 3.05) is 12.4 Å². The van der Waals surface area contributed by atoms with E-state index in [0.29, 0.717) is 17.7 Å². The van der Waals surface area contributed by atoms with Crippen molar-refractivity contribution in [3.05, 3.63) is 40.0 Å². The molecule has 1 aliphatic carbocycles. The van der Waals surface area contributed by atoms with E-state index >= 15 is 0 Å². The van der Waals surface area contributed by atoms with Crippen LogP contribution in [0.5, 0.6) is 0 Å². The van der Waals surface area contributed by atoms with Gasteiger partial charge in [-0.05, 0) is 30.5 Å². The molecule has 2 atom stereocenters. The molecule has 7 heteroatoms. The second kappa shape index (κ2) is 7.73. The Morgan fingerprint density at radius 1 is 1.43 bits per heavy atom. The van der Waals surface area contributed by atoms with E-state index in [2.05, 4.69) is 10.1 Å². The van der Waals surface area contributed by atoms with Gasteiger partial charge in [0.25, 0.3) is 5.69 Å². The molecule has 0 heterocycles. The zero-order valence-corrected chi connectivity index (χ0v) is 12.9. The molecule has 1 aromatic rings. The smallest absolute Gasteiger partial charge is 0.330 e. The maximum Gasteiger partial charge on any atom is 0.330 e. The fourth-order valence-electron chi connectivity index (χ4n) is 2.64. The molecule has 0 spiro atoms. The molecule has 1 saturated carbocycles. The molecular formula is C16H20N2O5. The minimum Gasteiger partial charge on any atom is -0.466 e. The van der Waals surface area contributed by atoms with Crippen molar-refractivity contribution in [3.8, 4) is 0 Å². The summed E-state index contributed by atoms with van der Waals surface area (Å²) < 4.78 is 4.49. The van der Waals surface area contributed by atoms with Gasteiger partial charge in [-0.1, -0.05) is 18.9 Å². The van der Waals surface area contributed by atoms with Crippen molar-refractivity contribution in [1.82, 2.24) is 0 Å². The van der Waals surface area contributed by atoms with Crippen LogP contribution in [0.2, 0.25) is 0 Å². The number of anilines is 1. The van der Waals surface area contributed by atoms with Crippen molar-refractivity contribution in [3.63, 3.8) is 0 Å². The van der Waals surface area contributed by atoms with E-state index in [9.17, 15) is 20.0 Å². The molecule has 0 aliphatic heterocycles. The summed E-state index contributed by atoms with van der Waals surface area (Å²) in [7, 11) is 1.26. The molecule has 0 saturated heterocycles. The van der Waals surface area contributed by atoms with Crippen molar-refractivity contribution in [1.29, 1.82) is 0 Å². The van der Waals surface area contributed by atoms with E-state index in [-0.39, 0.29) is 11.7 Å². The lowest BCUT2D eigenvalue weighted by Gasteiger charge is -2.29. The molecule has 23 heavy (non-hydrogen) atoms. The number of methoxy groups -OCH3 is 1. The van der Waals surface area contributed by atoms with E-state index in [1.54, 1.807) is 12.1 Å². The van der Waals surface area contributed by atoms with Crippen LogP contribution in [0.25, 0.3) is 6.08 Å². The van der Waals surface area contributed by atoms with Gasteiger partial charge < -0.3 is 15.2 Å². The summed E-state index contributed by atoms with van der Waals surface area (Å²) in [6.45, 7) is 0. The van der Waals surface area contributed by atoms with Crippen LogP contribution in [-0.2, 0) is 9.53 Å². The van der Waals surface area contributed by atoms with Gasteiger partial charge in [0.05, 0.1) is 24.2 Å². The average molecular weight is 320 g/mol. The first kappa shape index (κ1) is 17.0. The first-order chi connectivity index (χ1) is 11.0. The van der Waals surface area contributed by atoms with E-state index < -0.39 is 17.0 Å². The van der Waals surface area contributed by atoms with Crippen LogP contribution in [0.15, 0.2) is 24.3 Å². The maximum absolute atomic E-state index is 11.3. The topological polar surface area (TPSA) is 102 Å². The molecule has 0 radical (unpaired) electrons. The zero-order valence-electron chi connectivity index (χ0n) is 12.9. The predicted molar refractivity (Wildman–Crippen MR) is 86.0 cm³/mol. The third kappa shape index (κ3) is 4.53. The second-order valence-electron chi connectivity index (χ2n) is 5.49.